The molecule has 5 rings (SSSR count). The van der Waals surface area contributed by atoms with Crippen LogP contribution < -0.4 is 5.32 Å². The van der Waals surface area contributed by atoms with Crippen molar-refractivity contribution >= 4 is 28.6 Å². The first-order valence-electron chi connectivity index (χ1n) is 11.6. The summed E-state index contributed by atoms with van der Waals surface area (Å²) in [6.07, 6.45) is 0.893. The number of aromatic nitrogens is 4. The van der Waals surface area contributed by atoms with Crippen LogP contribution in [-0.2, 0) is 15.1 Å². The van der Waals surface area contributed by atoms with Crippen molar-refractivity contribution < 1.29 is 24.1 Å². The number of hydrogen-bond acceptors (Lipinski definition) is 8. The van der Waals surface area contributed by atoms with E-state index in [2.05, 4.69) is 20.3 Å². The van der Waals surface area contributed by atoms with Gasteiger partial charge in [-0.3, -0.25) is 0 Å². The maximum absolute atomic E-state index is 15.2. The van der Waals surface area contributed by atoms with Crippen LogP contribution in [0.1, 0.15) is 52.9 Å². The Morgan fingerprint density at radius 3 is 2.74 bits per heavy atom. The largest absolute Gasteiger partial charge is 0.385 e. The third-order valence-electron chi connectivity index (χ3n) is 6.54. The molecule has 4 atom stereocenters. The van der Waals surface area contributed by atoms with Crippen molar-refractivity contribution in [1.29, 1.82) is 0 Å². The molecule has 0 aliphatic carbocycles. The van der Waals surface area contributed by atoms with E-state index in [9.17, 15) is 10.2 Å². The van der Waals surface area contributed by atoms with Gasteiger partial charge in [-0.25, -0.2) is 19.3 Å². The minimum absolute atomic E-state index is 0.0804. The van der Waals surface area contributed by atoms with Crippen LogP contribution >= 0.6 is 11.6 Å². The molecule has 2 aromatic heterocycles. The lowest BCUT2D eigenvalue weighted by molar-refractivity contribution is -0.236. The predicted molar refractivity (Wildman–Crippen MR) is 129 cm³/mol. The molecule has 2 unspecified atom stereocenters. The average Bonchev–Trinajstić information content (AvgIpc) is 3.33. The molecule has 3 aromatic rings. The number of hydrogen-bond donors (Lipinski definition) is 3. The van der Waals surface area contributed by atoms with Crippen LogP contribution in [0.5, 0.6) is 0 Å². The van der Waals surface area contributed by atoms with Crippen molar-refractivity contribution in [3.05, 3.63) is 35.0 Å². The SMILES string of the molecule is CC(C)n1c(C(C)(C)O)nc2c(F)cc(-c3nc(NC4C[C@H]5COC(C)(O5)[C@H]4O)ncc3Cl)cc21. The number of ether oxygens (including phenoxy) is 2. The van der Waals surface area contributed by atoms with E-state index in [0.717, 1.165) is 0 Å². The number of benzene rings is 1. The van der Waals surface area contributed by atoms with Gasteiger partial charge in [0.2, 0.25) is 5.95 Å². The number of nitrogens with zero attached hydrogens (tertiary/aromatic N) is 4. The van der Waals surface area contributed by atoms with Gasteiger partial charge in [0, 0.05) is 11.6 Å². The van der Waals surface area contributed by atoms with Crippen molar-refractivity contribution in [2.24, 2.45) is 0 Å². The second kappa shape index (κ2) is 8.35. The summed E-state index contributed by atoms with van der Waals surface area (Å²) in [5.41, 5.74) is 0.204. The fraction of sp³-hybridized carbons (Fsp3) is 0.542. The van der Waals surface area contributed by atoms with E-state index in [0.29, 0.717) is 35.6 Å². The Morgan fingerprint density at radius 2 is 2.06 bits per heavy atom. The van der Waals surface area contributed by atoms with Crippen LogP contribution in [0.3, 0.4) is 0 Å². The molecule has 35 heavy (non-hydrogen) atoms. The molecule has 2 aliphatic heterocycles. The summed E-state index contributed by atoms with van der Waals surface area (Å²) in [4.78, 5) is 13.2. The van der Waals surface area contributed by atoms with E-state index in [1.807, 2.05) is 18.4 Å². The van der Waals surface area contributed by atoms with Gasteiger partial charge in [0.25, 0.3) is 0 Å². The first-order valence-corrected chi connectivity index (χ1v) is 12.0. The molecule has 3 N–H and O–H groups in total. The van der Waals surface area contributed by atoms with Crippen LogP contribution in [0.2, 0.25) is 5.02 Å². The standard InChI is InChI=1S/C24H29ClFN5O4/c1-11(2)31-17-7-12(6-15(26)19(17)29-21(31)23(3,4)33)18-14(25)9-27-22(30-18)28-16-8-13-10-34-24(5,35-13)20(16)32/h6-7,9,11,13,16,20,32-33H,8,10H2,1-5H3,(H,27,28,30)/t13-,16?,20-,24?/m0/s1. The molecule has 0 spiro atoms. The van der Waals surface area contributed by atoms with Gasteiger partial charge in [-0.05, 0) is 53.2 Å². The van der Waals surface area contributed by atoms with E-state index in [1.165, 1.54) is 12.3 Å². The Bertz CT molecular complexity index is 1290. The molecule has 1 aromatic carbocycles. The number of aliphatic hydroxyl groups excluding tert-OH is 1. The topological polar surface area (TPSA) is 115 Å². The minimum Gasteiger partial charge on any atom is -0.385 e. The van der Waals surface area contributed by atoms with Crippen molar-refractivity contribution in [2.75, 3.05) is 11.9 Å². The monoisotopic (exact) mass is 505 g/mol. The highest BCUT2D eigenvalue weighted by molar-refractivity contribution is 6.33. The summed E-state index contributed by atoms with van der Waals surface area (Å²) >= 11 is 6.44. The molecule has 2 aliphatic rings. The van der Waals surface area contributed by atoms with Crippen LogP contribution in [0.25, 0.3) is 22.3 Å². The second-order valence-electron chi connectivity index (χ2n) is 10.2. The lowest BCUT2D eigenvalue weighted by atomic mass is 9.96. The summed E-state index contributed by atoms with van der Waals surface area (Å²) in [6.45, 7) is 9.24. The van der Waals surface area contributed by atoms with Gasteiger partial charge in [0.1, 0.15) is 23.0 Å². The Balaban J connectivity index is 1.55. The maximum atomic E-state index is 15.2. The molecule has 0 radical (unpaired) electrons. The highest BCUT2D eigenvalue weighted by Crippen LogP contribution is 2.38. The maximum Gasteiger partial charge on any atom is 0.223 e. The molecule has 11 heteroatoms. The Morgan fingerprint density at radius 1 is 1.31 bits per heavy atom. The van der Waals surface area contributed by atoms with Crippen molar-refractivity contribution in [3.8, 4) is 11.3 Å². The third-order valence-corrected chi connectivity index (χ3v) is 6.81. The van der Waals surface area contributed by atoms with Crippen molar-refractivity contribution in [3.63, 3.8) is 0 Å². The summed E-state index contributed by atoms with van der Waals surface area (Å²) in [5, 5.41) is 24.8. The number of imidazole rings is 1. The van der Waals surface area contributed by atoms with Gasteiger partial charge in [-0.1, -0.05) is 11.6 Å². The third kappa shape index (κ3) is 4.17. The lowest BCUT2D eigenvalue weighted by Gasteiger charge is -2.38. The smallest absolute Gasteiger partial charge is 0.223 e. The fourth-order valence-electron chi connectivity index (χ4n) is 4.89. The summed E-state index contributed by atoms with van der Waals surface area (Å²) in [6, 6.07) is 2.61. The molecule has 188 valence electrons. The first-order chi connectivity index (χ1) is 16.4. The highest BCUT2D eigenvalue weighted by Gasteiger charge is 2.52. The number of anilines is 1. The number of nitrogens with one attached hydrogen (secondary N) is 1. The molecular weight excluding hydrogens is 477 g/mol. The van der Waals surface area contributed by atoms with E-state index in [1.54, 1.807) is 26.8 Å². The number of fused-ring (bicyclic) bond motifs is 3. The predicted octanol–water partition coefficient (Wildman–Crippen LogP) is 3.77. The zero-order valence-electron chi connectivity index (χ0n) is 20.2. The Labute approximate surface area is 207 Å². The van der Waals surface area contributed by atoms with E-state index in [4.69, 9.17) is 21.1 Å². The zero-order valence-corrected chi connectivity index (χ0v) is 21.0. The van der Waals surface area contributed by atoms with E-state index < -0.39 is 29.4 Å². The average molecular weight is 506 g/mol. The molecule has 0 amide bonds. The van der Waals surface area contributed by atoms with Gasteiger partial charge in [0.05, 0.1) is 41.2 Å². The molecule has 2 bridgehead atoms. The normalized spacial score (nSPS) is 26.6. The fourth-order valence-corrected chi connectivity index (χ4v) is 5.09. The van der Waals surface area contributed by atoms with E-state index in [-0.39, 0.29) is 28.6 Å². The number of rotatable bonds is 5. The van der Waals surface area contributed by atoms with Gasteiger partial charge in [0.15, 0.2) is 11.6 Å². The zero-order chi connectivity index (χ0) is 25.3. The molecular formula is C24H29ClFN5O4. The van der Waals surface area contributed by atoms with Crippen LogP contribution in [0, 0.1) is 5.82 Å². The molecule has 0 saturated carbocycles. The second-order valence-corrected chi connectivity index (χ2v) is 10.6. The number of halogens is 2. The van der Waals surface area contributed by atoms with Gasteiger partial charge >= 0.3 is 0 Å². The highest BCUT2D eigenvalue weighted by atomic mass is 35.5. The van der Waals surface area contributed by atoms with Gasteiger partial charge in [-0.2, -0.15) is 0 Å². The molecule has 9 nitrogen and oxygen atoms in total. The molecule has 2 saturated heterocycles. The van der Waals surface area contributed by atoms with Crippen molar-refractivity contribution in [2.45, 2.75) is 76.7 Å². The Kier molecular flexibility index (Phi) is 5.80. The van der Waals surface area contributed by atoms with Crippen LogP contribution in [0.15, 0.2) is 18.3 Å². The first kappa shape index (κ1) is 24.3. The quantitative estimate of drug-likeness (QED) is 0.480. The summed E-state index contributed by atoms with van der Waals surface area (Å²) < 4.78 is 28.4. The lowest BCUT2D eigenvalue weighted by Crippen LogP contribution is -2.55. The van der Waals surface area contributed by atoms with E-state index >= 15 is 4.39 Å². The summed E-state index contributed by atoms with van der Waals surface area (Å²) in [5.74, 6) is -1.02. The molecule has 4 heterocycles. The minimum atomic E-state index is -1.26. The van der Waals surface area contributed by atoms with Gasteiger partial charge < -0.3 is 29.6 Å². The van der Waals surface area contributed by atoms with Crippen LogP contribution in [-0.4, -0.2) is 60.4 Å². The van der Waals surface area contributed by atoms with Crippen LogP contribution in [0.4, 0.5) is 10.3 Å². The van der Waals surface area contributed by atoms with Gasteiger partial charge in [-0.15, -0.1) is 0 Å². The number of aliphatic hydroxyl groups is 2. The van der Waals surface area contributed by atoms with Crippen molar-refractivity contribution in [1.82, 2.24) is 19.5 Å². The Hall–Kier alpha value is -2.37. The molecule has 2 fully saturated rings. The summed E-state index contributed by atoms with van der Waals surface area (Å²) in [7, 11) is 0.